The number of ether oxygens (including phenoxy) is 1. The summed E-state index contributed by atoms with van der Waals surface area (Å²) in [5, 5.41) is 5.03. The smallest absolute Gasteiger partial charge is 0.241 e. The lowest BCUT2D eigenvalue weighted by Gasteiger charge is -2.10. The van der Waals surface area contributed by atoms with Gasteiger partial charge in [0.2, 0.25) is 20.0 Å². The van der Waals surface area contributed by atoms with Crippen molar-refractivity contribution in [3.05, 3.63) is 12.3 Å². The van der Waals surface area contributed by atoms with Gasteiger partial charge in [-0.3, -0.25) is 4.72 Å². The van der Waals surface area contributed by atoms with E-state index in [0.29, 0.717) is 0 Å². The molecule has 0 bridgehead atoms. The molecule has 19 heavy (non-hydrogen) atoms. The Hall–Kier alpha value is -1.39. The SMILES string of the molecule is CS(=O)(=O)Nc1ncc(OC2CC2)cc1S(N)(=O)=O. The number of nitrogens with zero attached hydrogens (tertiary/aromatic N) is 1. The molecular weight excluding hydrogens is 294 g/mol. The molecule has 1 heterocycles. The third kappa shape index (κ3) is 4.04. The minimum Gasteiger partial charge on any atom is -0.489 e. The molecule has 1 saturated carbocycles. The normalized spacial score (nSPS) is 16.1. The van der Waals surface area contributed by atoms with Crippen molar-refractivity contribution in [3.8, 4) is 5.75 Å². The zero-order chi connectivity index (χ0) is 14.3. The largest absolute Gasteiger partial charge is 0.489 e. The number of sulfonamides is 2. The Balaban J connectivity index is 2.42. The highest BCUT2D eigenvalue weighted by atomic mass is 32.2. The predicted octanol–water partition coefficient (Wildman–Crippen LogP) is -0.358. The Kier molecular flexibility index (Phi) is 3.41. The molecule has 0 saturated heterocycles. The monoisotopic (exact) mass is 307 g/mol. The molecule has 0 atom stereocenters. The molecule has 1 aliphatic rings. The molecule has 0 aliphatic heterocycles. The fraction of sp³-hybridized carbons (Fsp3) is 0.444. The molecule has 1 fully saturated rings. The maximum atomic E-state index is 11.4. The fourth-order valence-electron chi connectivity index (χ4n) is 1.34. The van der Waals surface area contributed by atoms with E-state index < -0.39 is 24.9 Å². The predicted molar refractivity (Wildman–Crippen MR) is 67.7 cm³/mol. The number of anilines is 1. The van der Waals surface area contributed by atoms with Crippen molar-refractivity contribution in [1.82, 2.24) is 4.98 Å². The number of rotatable bonds is 5. The van der Waals surface area contributed by atoms with E-state index in [9.17, 15) is 16.8 Å². The number of pyridine rings is 1. The van der Waals surface area contributed by atoms with Gasteiger partial charge in [0.1, 0.15) is 10.6 Å². The van der Waals surface area contributed by atoms with E-state index in [-0.39, 0.29) is 17.7 Å². The lowest BCUT2D eigenvalue weighted by molar-refractivity contribution is 0.301. The zero-order valence-electron chi connectivity index (χ0n) is 10.0. The Morgan fingerprint density at radius 3 is 2.47 bits per heavy atom. The molecule has 1 aromatic heterocycles. The Morgan fingerprint density at radius 1 is 1.37 bits per heavy atom. The van der Waals surface area contributed by atoms with Crippen LogP contribution in [0.15, 0.2) is 17.2 Å². The third-order valence-corrected chi connectivity index (χ3v) is 3.73. The number of nitrogens with one attached hydrogen (secondary N) is 1. The molecule has 0 aromatic carbocycles. The first kappa shape index (κ1) is 14.0. The Bertz CT molecular complexity index is 695. The van der Waals surface area contributed by atoms with E-state index >= 15 is 0 Å². The average Bonchev–Trinajstić information content (AvgIpc) is 3.00. The van der Waals surface area contributed by atoms with Gasteiger partial charge in [-0.25, -0.2) is 27.0 Å². The number of nitrogens with two attached hydrogens (primary N) is 1. The topological polar surface area (TPSA) is 128 Å². The van der Waals surface area contributed by atoms with E-state index in [2.05, 4.69) is 4.98 Å². The van der Waals surface area contributed by atoms with Gasteiger partial charge < -0.3 is 4.74 Å². The molecule has 0 spiro atoms. The highest BCUT2D eigenvalue weighted by Crippen LogP contribution is 2.29. The van der Waals surface area contributed by atoms with Crippen LogP contribution in [0.3, 0.4) is 0 Å². The maximum absolute atomic E-state index is 11.4. The van der Waals surface area contributed by atoms with Crippen molar-refractivity contribution >= 4 is 25.9 Å². The van der Waals surface area contributed by atoms with Crippen LogP contribution >= 0.6 is 0 Å². The van der Waals surface area contributed by atoms with Gasteiger partial charge in [0.05, 0.1) is 18.6 Å². The summed E-state index contributed by atoms with van der Waals surface area (Å²) < 4.78 is 52.5. The molecule has 1 aromatic rings. The van der Waals surface area contributed by atoms with Crippen LogP contribution in [0.25, 0.3) is 0 Å². The molecular formula is C9H13N3O5S2. The number of aromatic nitrogens is 1. The average molecular weight is 307 g/mol. The number of hydrogen-bond acceptors (Lipinski definition) is 6. The quantitative estimate of drug-likeness (QED) is 0.764. The van der Waals surface area contributed by atoms with Gasteiger partial charge in [-0.2, -0.15) is 0 Å². The van der Waals surface area contributed by atoms with E-state index in [4.69, 9.17) is 9.88 Å². The molecule has 1 aliphatic carbocycles. The first-order chi connectivity index (χ1) is 8.65. The summed E-state index contributed by atoms with van der Waals surface area (Å²) in [5.74, 6) is -0.0984. The lowest BCUT2D eigenvalue weighted by Crippen LogP contribution is -2.19. The lowest BCUT2D eigenvalue weighted by atomic mass is 10.4. The van der Waals surface area contributed by atoms with Crippen molar-refractivity contribution in [1.29, 1.82) is 0 Å². The maximum Gasteiger partial charge on any atom is 0.241 e. The van der Waals surface area contributed by atoms with E-state index in [1.165, 1.54) is 6.20 Å². The van der Waals surface area contributed by atoms with Crippen molar-refractivity contribution < 1.29 is 21.6 Å². The van der Waals surface area contributed by atoms with E-state index in [1.54, 1.807) is 0 Å². The van der Waals surface area contributed by atoms with Crippen molar-refractivity contribution in [2.24, 2.45) is 5.14 Å². The van der Waals surface area contributed by atoms with Crippen molar-refractivity contribution in [2.45, 2.75) is 23.8 Å². The summed E-state index contributed by atoms with van der Waals surface area (Å²) >= 11 is 0. The van der Waals surface area contributed by atoms with E-state index in [1.807, 2.05) is 4.72 Å². The molecule has 10 heteroatoms. The molecule has 0 unspecified atom stereocenters. The van der Waals surface area contributed by atoms with Crippen LogP contribution in [0, 0.1) is 0 Å². The summed E-state index contributed by atoms with van der Waals surface area (Å²) in [6.07, 6.45) is 3.99. The molecule has 106 valence electrons. The van der Waals surface area contributed by atoms with Gasteiger partial charge in [0, 0.05) is 6.07 Å². The third-order valence-electron chi connectivity index (χ3n) is 2.24. The van der Waals surface area contributed by atoms with Gasteiger partial charge in [-0.1, -0.05) is 0 Å². The molecule has 0 radical (unpaired) electrons. The summed E-state index contributed by atoms with van der Waals surface area (Å²) in [5.41, 5.74) is 0. The van der Waals surface area contributed by atoms with E-state index in [0.717, 1.165) is 25.2 Å². The van der Waals surface area contributed by atoms with Crippen LogP contribution in [0.4, 0.5) is 5.82 Å². The fourth-order valence-corrected chi connectivity index (χ4v) is 2.57. The van der Waals surface area contributed by atoms with Crippen LogP contribution in [0.1, 0.15) is 12.8 Å². The minimum atomic E-state index is -4.11. The van der Waals surface area contributed by atoms with Crippen molar-refractivity contribution in [3.63, 3.8) is 0 Å². The van der Waals surface area contributed by atoms with Crippen LogP contribution < -0.4 is 14.6 Å². The van der Waals surface area contributed by atoms with Gasteiger partial charge in [-0.05, 0) is 12.8 Å². The summed E-state index contributed by atoms with van der Waals surface area (Å²) in [7, 11) is -7.77. The van der Waals surface area contributed by atoms with Crippen LogP contribution in [-0.4, -0.2) is 34.2 Å². The second-order valence-electron chi connectivity index (χ2n) is 4.25. The van der Waals surface area contributed by atoms with Crippen LogP contribution in [-0.2, 0) is 20.0 Å². The van der Waals surface area contributed by atoms with Crippen molar-refractivity contribution in [2.75, 3.05) is 11.0 Å². The highest BCUT2D eigenvalue weighted by Gasteiger charge is 2.25. The number of primary sulfonamides is 1. The summed E-state index contributed by atoms with van der Waals surface area (Å²) in [6, 6.07) is 1.16. The van der Waals surface area contributed by atoms with Crippen LogP contribution in [0.5, 0.6) is 5.75 Å². The van der Waals surface area contributed by atoms with Gasteiger partial charge in [-0.15, -0.1) is 0 Å². The summed E-state index contributed by atoms with van der Waals surface area (Å²) in [6.45, 7) is 0. The minimum absolute atomic E-state index is 0.0591. The van der Waals surface area contributed by atoms with Crippen LogP contribution in [0.2, 0.25) is 0 Å². The molecule has 2 rings (SSSR count). The number of hydrogen-bond donors (Lipinski definition) is 2. The first-order valence-corrected chi connectivity index (χ1v) is 8.76. The second-order valence-corrected chi connectivity index (χ2v) is 7.53. The second kappa shape index (κ2) is 4.62. The zero-order valence-corrected chi connectivity index (χ0v) is 11.7. The highest BCUT2D eigenvalue weighted by molar-refractivity contribution is 7.92. The molecule has 8 nitrogen and oxygen atoms in total. The first-order valence-electron chi connectivity index (χ1n) is 5.32. The van der Waals surface area contributed by atoms with Gasteiger partial charge in [0.25, 0.3) is 0 Å². The summed E-state index contributed by atoms with van der Waals surface area (Å²) in [4.78, 5) is 3.32. The Morgan fingerprint density at radius 2 is 2.00 bits per heavy atom. The molecule has 3 N–H and O–H groups in total. The standard InChI is InChI=1S/C9H13N3O5S2/c1-18(13,14)12-9-8(19(10,15)16)4-7(5-11-9)17-6-2-3-6/h4-6H,2-3H2,1H3,(H,11,12)(H2,10,15,16). The Labute approximate surface area is 111 Å². The van der Waals surface area contributed by atoms with Gasteiger partial charge >= 0.3 is 0 Å². The van der Waals surface area contributed by atoms with Gasteiger partial charge in [0.15, 0.2) is 5.82 Å². The molecule has 0 amide bonds.